The van der Waals surface area contributed by atoms with Crippen LogP contribution in [0.4, 0.5) is 0 Å². The van der Waals surface area contributed by atoms with E-state index >= 15 is 0 Å². The minimum atomic E-state index is -0.120. The van der Waals surface area contributed by atoms with Crippen LogP contribution in [-0.4, -0.2) is 60.0 Å². The number of nitrogens with zero attached hydrogens (tertiary/aromatic N) is 1. The van der Waals surface area contributed by atoms with Crippen molar-refractivity contribution in [1.29, 1.82) is 0 Å². The first-order valence-electron chi connectivity index (χ1n) is 5.57. The molecular weight excluding hydrogens is 210 g/mol. The standard InChI is InChI=1S/C11H23NO2S/c1-11(2)9-12(5-4-6-15-3)7-10(8-13)14-11/h10,13H,4-9H2,1-3H3. The molecular formula is C11H23NO2S. The molecule has 1 aliphatic heterocycles. The Bertz CT molecular complexity index is 187. The van der Waals surface area contributed by atoms with Gasteiger partial charge in [0.2, 0.25) is 0 Å². The molecule has 1 fully saturated rings. The molecule has 0 bridgehead atoms. The molecule has 0 saturated carbocycles. The number of ether oxygens (including phenoxy) is 1. The van der Waals surface area contributed by atoms with E-state index < -0.39 is 0 Å². The summed E-state index contributed by atoms with van der Waals surface area (Å²) in [4.78, 5) is 2.40. The van der Waals surface area contributed by atoms with Gasteiger partial charge in [-0.1, -0.05) is 0 Å². The lowest BCUT2D eigenvalue weighted by atomic mass is 10.1. The van der Waals surface area contributed by atoms with E-state index in [0.717, 1.165) is 19.6 Å². The van der Waals surface area contributed by atoms with Gasteiger partial charge >= 0.3 is 0 Å². The maximum absolute atomic E-state index is 9.16. The van der Waals surface area contributed by atoms with Crippen molar-refractivity contribution in [2.75, 3.05) is 38.2 Å². The number of thioether (sulfide) groups is 1. The third kappa shape index (κ3) is 4.72. The quantitative estimate of drug-likeness (QED) is 0.724. The van der Waals surface area contributed by atoms with Gasteiger partial charge in [0.15, 0.2) is 0 Å². The summed E-state index contributed by atoms with van der Waals surface area (Å²) in [6.45, 7) is 7.27. The summed E-state index contributed by atoms with van der Waals surface area (Å²) in [6, 6.07) is 0. The van der Waals surface area contributed by atoms with Crippen molar-refractivity contribution in [2.24, 2.45) is 0 Å². The van der Waals surface area contributed by atoms with Crippen molar-refractivity contribution >= 4 is 11.8 Å². The van der Waals surface area contributed by atoms with Gasteiger partial charge in [-0.05, 0) is 38.8 Å². The van der Waals surface area contributed by atoms with E-state index in [4.69, 9.17) is 9.84 Å². The largest absolute Gasteiger partial charge is 0.394 e. The molecule has 1 saturated heterocycles. The fourth-order valence-electron chi connectivity index (χ4n) is 2.11. The molecule has 90 valence electrons. The van der Waals surface area contributed by atoms with Crippen molar-refractivity contribution in [3.63, 3.8) is 0 Å². The van der Waals surface area contributed by atoms with Crippen LogP contribution in [0.2, 0.25) is 0 Å². The molecule has 1 heterocycles. The molecule has 0 aromatic heterocycles. The highest BCUT2D eigenvalue weighted by molar-refractivity contribution is 7.98. The molecule has 1 unspecified atom stereocenters. The van der Waals surface area contributed by atoms with E-state index in [1.807, 2.05) is 11.8 Å². The Morgan fingerprint density at radius 1 is 1.53 bits per heavy atom. The number of aliphatic hydroxyl groups is 1. The number of hydrogen-bond donors (Lipinski definition) is 1. The van der Waals surface area contributed by atoms with Crippen molar-refractivity contribution < 1.29 is 9.84 Å². The van der Waals surface area contributed by atoms with Crippen molar-refractivity contribution in [3.05, 3.63) is 0 Å². The first-order valence-corrected chi connectivity index (χ1v) is 6.97. The van der Waals surface area contributed by atoms with Crippen molar-refractivity contribution in [1.82, 2.24) is 4.90 Å². The normalized spacial score (nSPS) is 26.8. The first-order chi connectivity index (χ1) is 7.07. The van der Waals surface area contributed by atoms with Crippen molar-refractivity contribution in [3.8, 4) is 0 Å². The average Bonchev–Trinajstić information content (AvgIpc) is 2.16. The molecule has 0 aromatic rings. The van der Waals surface area contributed by atoms with Gasteiger partial charge in [0.05, 0.1) is 18.3 Å². The maximum Gasteiger partial charge on any atom is 0.0940 e. The van der Waals surface area contributed by atoms with Crippen molar-refractivity contribution in [2.45, 2.75) is 32.0 Å². The van der Waals surface area contributed by atoms with E-state index in [0.29, 0.717) is 0 Å². The summed E-state index contributed by atoms with van der Waals surface area (Å²) in [5.41, 5.74) is -0.120. The zero-order valence-electron chi connectivity index (χ0n) is 10.0. The van der Waals surface area contributed by atoms with Crippen LogP contribution < -0.4 is 0 Å². The fraction of sp³-hybridized carbons (Fsp3) is 1.00. The predicted octanol–water partition coefficient (Wildman–Crippen LogP) is 1.21. The van der Waals surface area contributed by atoms with Crippen LogP contribution in [0.5, 0.6) is 0 Å². The van der Waals surface area contributed by atoms with E-state index in [-0.39, 0.29) is 18.3 Å². The molecule has 0 aliphatic carbocycles. The number of hydrogen-bond acceptors (Lipinski definition) is 4. The minimum Gasteiger partial charge on any atom is -0.394 e. The topological polar surface area (TPSA) is 32.7 Å². The lowest BCUT2D eigenvalue weighted by molar-refractivity contribution is -0.148. The van der Waals surface area contributed by atoms with E-state index in [9.17, 15) is 0 Å². The molecule has 15 heavy (non-hydrogen) atoms. The second-order valence-electron chi connectivity index (χ2n) is 4.76. The SMILES string of the molecule is CSCCCN1CC(CO)OC(C)(C)C1. The first kappa shape index (κ1) is 13.3. The highest BCUT2D eigenvalue weighted by Gasteiger charge is 2.32. The summed E-state index contributed by atoms with van der Waals surface area (Å²) in [7, 11) is 0. The third-order valence-corrected chi connectivity index (χ3v) is 3.28. The Labute approximate surface area is 97.2 Å². The van der Waals surface area contributed by atoms with Gasteiger partial charge in [0.25, 0.3) is 0 Å². The van der Waals surface area contributed by atoms with Crippen LogP contribution in [-0.2, 0) is 4.74 Å². The minimum absolute atomic E-state index is 0.0111. The lowest BCUT2D eigenvalue weighted by Crippen LogP contribution is -2.53. The van der Waals surface area contributed by atoms with E-state index in [1.165, 1.54) is 12.2 Å². The zero-order valence-corrected chi connectivity index (χ0v) is 10.8. The maximum atomic E-state index is 9.16. The molecule has 3 nitrogen and oxygen atoms in total. The second-order valence-corrected chi connectivity index (χ2v) is 5.75. The summed E-state index contributed by atoms with van der Waals surface area (Å²) in [5.74, 6) is 1.21. The van der Waals surface area contributed by atoms with Gasteiger partial charge in [-0.25, -0.2) is 0 Å². The van der Waals surface area contributed by atoms with E-state index in [1.54, 1.807) is 0 Å². The summed E-state index contributed by atoms with van der Waals surface area (Å²) in [5, 5.41) is 9.16. The zero-order chi connectivity index (χ0) is 11.3. The van der Waals surface area contributed by atoms with Gasteiger partial charge in [-0.15, -0.1) is 0 Å². The smallest absolute Gasteiger partial charge is 0.0940 e. The highest BCUT2D eigenvalue weighted by Crippen LogP contribution is 2.20. The number of aliphatic hydroxyl groups excluding tert-OH is 1. The van der Waals surface area contributed by atoms with Gasteiger partial charge in [0, 0.05) is 13.1 Å². The number of morpholine rings is 1. The van der Waals surface area contributed by atoms with Gasteiger partial charge in [-0.2, -0.15) is 11.8 Å². The van der Waals surface area contributed by atoms with E-state index in [2.05, 4.69) is 25.0 Å². The third-order valence-electron chi connectivity index (χ3n) is 2.58. The predicted molar refractivity (Wildman–Crippen MR) is 65.5 cm³/mol. The molecule has 0 radical (unpaired) electrons. The van der Waals surface area contributed by atoms with Crippen LogP contribution in [0.1, 0.15) is 20.3 Å². The fourth-order valence-corrected chi connectivity index (χ4v) is 2.53. The summed E-state index contributed by atoms with van der Waals surface area (Å²) >= 11 is 1.89. The Morgan fingerprint density at radius 2 is 2.27 bits per heavy atom. The molecule has 0 amide bonds. The van der Waals surface area contributed by atoms with Gasteiger partial charge in [-0.3, -0.25) is 4.90 Å². The Hall–Kier alpha value is 0.230. The molecule has 0 spiro atoms. The summed E-state index contributed by atoms with van der Waals surface area (Å²) < 4.78 is 5.76. The molecule has 4 heteroatoms. The Kier molecular flexibility index (Phi) is 5.39. The van der Waals surface area contributed by atoms with Crippen LogP contribution in [0.25, 0.3) is 0 Å². The number of rotatable bonds is 5. The van der Waals surface area contributed by atoms with Crippen LogP contribution in [0, 0.1) is 0 Å². The second kappa shape index (κ2) is 6.09. The molecule has 1 atom stereocenters. The van der Waals surface area contributed by atoms with Crippen LogP contribution in [0.15, 0.2) is 0 Å². The summed E-state index contributed by atoms with van der Waals surface area (Å²) in [6.07, 6.45) is 3.35. The average molecular weight is 233 g/mol. The Morgan fingerprint density at radius 3 is 2.87 bits per heavy atom. The van der Waals surface area contributed by atoms with Crippen LogP contribution >= 0.6 is 11.8 Å². The molecule has 1 rings (SSSR count). The Balaban J connectivity index is 2.36. The lowest BCUT2D eigenvalue weighted by Gasteiger charge is -2.42. The molecule has 0 aromatic carbocycles. The van der Waals surface area contributed by atoms with Gasteiger partial charge < -0.3 is 9.84 Å². The monoisotopic (exact) mass is 233 g/mol. The van der Waals surface area contributed by atoms with Crippen LogP contribution in [0.3, 0.4) is 0 Å². The molecule has 1 aliphatic rings. The highest BCUT2D eigenvalue weighted by atomic mass is 32.2. The molecule has 1 N–H and O–H groups in total. The van der Waals surface area contributed by atoms with Gasteiger partial charge in [0.1, 0.15) is 0 Å².